The Kier molecular flexibility index (Phi) is 15.4. The third kappa shape index (κ3) is 25.8. The van der Waals surface area contributed by atoms with Crippen LogP contribution in [0.15, 0.2) is 0 Å². The Balaban J connectivity index is 0. The van der Waals surface area contributed by atoms with E-state index in [1.807, 2.05) is 13.8 Å². The predicted octanol–water partition coefficient (Wildman–Crippen LogP) is 1.06. The summed E-state index contributed by atoms with van der Waals surface area (Å²) in [7, 11) is 1.56. The second-order valence-corrected chi connectivity index (χ2v) is 2.09. The maximum atomic E-state index is 8.43. The molecule has 0 radical (unpaired) electrons. The Labute approximate surface area is 69.3 Å². The van der Waals surface area contributed by atoms with Crippen LogP contribution in [0.1, 0.15) is 20.8 Å². The summed E-state index contributed by atoms with van der Waals surface area (Å²) in [4.78, 5) is 0. The summed E-state index contributed by atoms with van der Waals surface area (Å²) in [5.74, 6) is 0. The van der Waals surface area contributed by atoms with Gasteiger partial charge in [-0.25, -0.2) is 0 Å². The fourth-order valence-corrected chi connectivity index (χ4v) is 0.445. The van der Waals surface area contributed by atoms with Gasteiger partial charge in [-0.2, -0.15) is 0 Å². The van der Waals surface area contributed by atoms with Crippen molar-refractivity contribution in [3.63, 3.8) is 0 Å². The van der Waals surface area contributed by atoms with Gasteiger partial charge >= 0.3 is 0 Å². The summed E-state index contributed by atoms with van der Waals surface area (Å²) in [6.45, 7) is 7.78. The molecule has 0 fully saturated rings. The van der Waals surface area contributed by atoms with E-state index in [0.717, 1.165) is 13.2 Å². The van der Waals surface area contributed by atoms with Crippen molar-refractivity contribution in [1.29, 1.82) is 0 Å². The van der Waals surface area contributed by atoms with Crippen molar-refractivity contribution in [3.8, 4) is 0 Å². The molecule has 0 bridgehead atoms. The van der Waals surface area contributed by atoms with E-state index in [-0.39, 0.29) is 6.10 Å². The Bertz CT molecular complexity index is 53.3. The van der Waals surface area contributed by atoms with E-state index >= 15 is 0 Å². The van der Waals surface area contributed by atoms with Crippen molar-refractivity contribution in [1.82, 2.24) is 0 Å². The van der Waals surface area contributed by atoms with Crippen molar-refractivity contribution in [2.24, 2.45) is 0 Å². The van der Waals surface area contributed by atoms with Crippen LogP contribution < -0.4 is 0 Å². The molecule has 0 aliphatic rings. The Hall–Kier alpha value is -0.120. The molecule has 0 amide bonds. The third-order valence-corrected chi connectivity index (χ3v) is 0.816. The molecule has 3 nitrogen and oxygen atoms in total. The molecule has 1 N–H and O–H groups in total. The first kappa shape index (κ1) is 13.5. The van der Waals surface area contributed by atoms with Crippen LogP contribution in [0, 0.1) is 0 Å². The quantitative estimate of drug-likeness (QED) is 0.675. The molecule has 0 saturated carbocycles. The van der Waals surface area contributed by atoms with E-state index in [9.17, 15) is 0 Å². The molecule has 11 heavy (non-hydrogen) atoms. The van der Waals surface area contributed by atoms with E-state index in [0.29, 0.717) is 6.61 Å². The number of hydrogen-bond acceptors (Lipinski definition) is 3. The van der Waals surface area contributed by atoms with Crippen molar-refractivity contribution in [3.05, 3.63) is 0 Å². The zero-order chi connectivity index (χ0) is 9.11. The van der Waals surface area contributed by atoms with Gasteiger partial charge in [-0.05, 0) is 20.8 Å². The maximum absolute atomic E-state index is 8.43. The van der Waals surface area contributed by atoms with Gasteiger partial charge < -0.3 is 14.6 Å². The number of aliphatic hydroxyl groups is 1. The maximum Gasteiger partial charge on any atom is 0.0745 e. The van der Waals surface area contributed by atoms with Gasteiger partial charge in [-0.3, -0.25) is 0 Å². The number of hydrogen-bond donors (Lipinski definition) is 1. The van der Waals surface area contributed by atoms with Gasteiger partial charge in [0, 0.05) is 20.3 Å². The van der Waals surface area contributed by atoms with Gasteiger partial charge in [-0.15, -0.1) is 0 Å². The van der Waals surface area contributed by atoms with Gasteiger partial charge in [0.05, 0.1) is 12.7 Å². The molecule has 1 unspecified atom stereocenters. The largest absolute Gasteiger partial charge is 0.391 e. The molecule has 0 aromatic carbocycles. The van der Waals surface area contributed by atoms with Crippen LogP contribution >= 0.6 is 0 Å². The van der Waals surface area contributed by atoms with Gasteiger partial charge in [0.1, 0.15) is 0 Å². The van der Waals surface area contributed by atoms with Crippen LogP contribution in [-0.4, -0.2) is 38.1 Å². The third-order valence-electron chi connectivity index (χ3n) is 0.816. The number of ether oxygens (including phenoxy) is 2. The number of aliphatic hydroxyl groups excluding tert-OH is 1. The van der Waals surface area contributed by atoms with Gasteiger partial charge in [0.2, 0.25) is 0 Å². The van der Waals surface area contributed by atoms with Gasteiger partial charge in [0.15, 0.2) is 0 Å². The van der Waals surface area contributed by atoms with Crippen LogP contribution in [0.4, 0.5) is 0 Å². The molecule has 0 aromatic heterocycles. The summed E-state index contributed by atoms with van der Waals surface area (Å²) in [5.41, 5.74) is 0. The smallest absolute Gasteiger partial charge is 0.0745 e. The molecule has 0 rings (SSSR count). The minimum Gasteiger partial charge on any atom is -0.391 e. The fraction of sp³-hybridized carbons (Fsp3) is 1.00. The van der Waals surface area contributed by atoms with E-state index in [2.05, 4.69) is 4.74 Å². The topological polar surface area (TPSA) is 38.7 Å². The zero-order valence-electron chi connectivity index (χ0n) is 7.96. The fourth-order valence-electron chi connectivity index (χ4n) is 0.445. The zero-order valence-corrected chi connectivity index (χ0v) is 7.96. The molecule has 0 aliphatic carbocycles. The van der Waals surface area contributed by atoms with E-state index in [1.165, 1.54) is 0 Å². The van der Waals surface area contributed by atoms with Crippen molar-refractivity contribution in [2.45, 2.75) is 26.9 Å². The average molecular weight is 164 g/mol. The minimum absolute atomic E-state index is 0.324. The molecule has 0 aromatic rings. The molecule has 0 saturated heterocycles. The van der Waals surface area contributed by atoms with Gasteiger partial charge in [0.25, 0.3) is 0 Å². The highest BCUT2D eigenvalue weighted by atomic mass is 16.5. The second kappa shape index (κ2) is 12.5. The van der Waals surface area contributed by atoms with Crippen LogP contribution in [-0.2, 0) is 9.47 Å². The molecule has 0 heterocycles. The molecular formula is C8H20O3. The molecule has 0 spiro atoms. The lowest BCUT2D eigenvalue weighted by atomic mass is 10.5. The molecule has 70 valence electrons. The highest BCUT2D eigenvalue weighted by Crippen LogP contribution is 1.75. The normalized spacial score (nSPS) is 11.7. The van der Waals surface area contributed by atoms with E-state index < -0.39 is 0 Å². The first-order chi connectivity index (χ1) is 5.18. The van der Waals surface area contributed by atoms with Crippen LogP contribution in [0.25, 0.3) is 0 Å². The summed E-state index contributed by atoms with van der Waals surface area (Å²) >= 11 is 0. The van der Waals surface area contributed by atoms with Crippen LogP contribution in [0.2, 0.25) is 0 Å². The highest BCUT2D eigenvalue weighted by molar-refractivity contribution is 4.36. The summed E-state index contributed by atoms with van der Waals surface area (Å²) in [6.07, 6.45) is -0.324. The molecule has 0 aliphatic heterocycles. The Morgan fingerprint density at radius 3 is 1.73 bits per heavy atom. The lowest BCUT2D eigenvalue weighted by molar-refractivity contribution is 0.0765. The lowest BCUT2D eigenvalue weighted by Gasteiger charge is -1.97. The summed E-state index contributed by atoms with van der Waals surface area (Å²) in [6, 6.07) is 0. The predicted molar refractivity (Wildman–Crippen MR) is 45.7 cm³/mol. The molecular weight excluding hydrogens is 144 g/mol. The molecule has 3 heteroatoms. The van der Waals surface area contributed by atoms with Crippen LogP contribution in [0.3, 0.4) is 0 Å². The second-order valence-electron chi connectivity index (χ2n) is 2.09. The molecule has 1 atom stereocenters. The van der Waals surface area contributed by atoms with Crippen LogP contribution in [0.5, 0.6) is 0 Å². The average Bonchev–Trinajstić information content (AvgIpc) is 1.90. The monoisotopic (exact) mass is 164 g/mol. The van der Waals surface area contributed by atoms with Crippen molar-refractivity contribution >= 4 is 0 Å². The van der Waals surface area contributed by atoms with Crippen molar-refractivity contribution < 1.29 is 14.6 Å². The Morgan fingerprint density at radius 2 is 1.73 bits per heavy atom. The standard InChI is InChI=1S/C4H10O2.C4H10O/c1-4(5)3-6-2;1-3-5-4-2/h4-5H,3H2,1-2H3;3-4H2,1-2H3. The van der Waals surface area contributed by atoms with Gasteiger partial charge in [-0.1, -0.05) is 0 Å². The highest BCUT2D eigenvalue weighted by Gasteiger charge is 1.87. The van der Waals surface area contributed by atoms with Crippen molar-refractivity contribution in [2.75, 3.05) is 26.9 Å². The first-order valence-corrected chi connectivity index (χ1v) is 3.93. The summed E-state index contributed by atoms with van der Waals surface area (Å²) < 4.78 is 9.39. The number of rotatable bonds is 4. The summed E-state index contributed by atoms with van der Waals surface area (Å²) in [5, 5.41) is 8.43. The first-order valence-electron chi connectivity index (χ1n) is 3.93. The van der Waals surface area contributed by atoms with E-state index in [4.69, 9.17) is 9.84 Å². The Morgan fingerprint density at radius 1 is 1.27 bits per heavy atom. The SMILES string of the molecule is CCOCC.COCC(C)O. The number of methoxy groups -OCH3 is 1. The minimum atomic E-state index is -0.324. The lowest BCUT2D eigenvalue weighted by Crippen LogP contribution is -2.07. The van der Waals surface area contributed by atoms with E-state index in [1.54, 1.807) is 14.0 Å².